The number of rotatable bonds is 4. The van der Waals surface area contributed by atoms with Crippen LogP contribution in [0.5, 0.6) is 0 Å². The van der Waals surface area contributed by atoms with Gasteiger partial charge in [-0.05, 0) is 38.2 Å². The monoisotopic (exact) mass is 183 g/mol. The molecule has 0 atom stereocenters. The summed E-state index contributed by atoms with van der Waals surface area (Å²) in [7, 11) is 1.53. The highest BCUT2D eigenvalue weighted by Crippen LogP contribution is 2.27. The van der Waals surface area contributed by atoms with Crippen LogP contribution in [0.15, 0.2) is 11.3 Å². The van der Waals surface area contributed by atoms with Gasteiger partial charge in [0, 0.05) is 6.54 Å². The predicted octanol–water partition coefficient (Wildman–Crippen LogP) is 1.45. The SMILES string of the molecule is COC(C(=O)NCC1CC1)=C(C)C. The Morgan fingerprint density at radius 2 is 2.08 bits per heavy atom. The van der Waals surface area contributed by atoms with Crippen LogP contribution in [0, 0.1) is 5.92 Å². The van der Waals surface area contributed by atoms with Crippen LogP contribution in [0.25, 0.3) is 0 Å². The molecule has 1 amide bonds. The summed E-state index contributed by atoms with van der Waals surface area (Å²) < 4.78 is 4.99. The van der Waals surface area contributed by atoms with Gasteiger partial charge in [-0.15, -0.1) is 0 Å². The highest BCUT2D eigenvalue weighted by Gasteiger charge is 2.22. The summed E-state index contributed by atoms with van der Waals surface area (Å²) in [5, 5.41) is 2.86. The van der Waals surface area contributed by atoms with Gasteiger partial charge in [0.05, 0.1) is 7.11 Å². The van der Waals surface area contributed by atoms with Gasteiger partial charge in [-0.3, -0.25) is 4.79 Å². The molecule has 0 aromatic rings. The Kier molecular flexibility index (Phi) is 3.34. The zero-order valence-electron chi connectivity index (χ0n) is 8.52. The van der Waals surface area contributed by atoms with E-state index in [9.17, 15) is 4.79 Å². The molecule has 0 unspecified atom stereocenters. The fourth-order valence-corrected chi connectivity index (χ4v) is 1.16. The van der Waals surface area contributed by atoms with E-state index < -0.39 is 0 Å². The van der Waals surface area contributed by atoms with Crippen molar-refractivity contribution in [3.63, 3.8) is 0 Å². The molecular weight excluding hydrogens is 166 g/mol. The van der Waals surface area contributed by atoms with Gasteiger partial charge >= 0.3 is 0 Å². The van der Waals surface area contributed by atoms with E-state index in [0.29, 0.717) is 11.7 Å². The van der Waals surface area contributed by atoms with Crippen LogP contribution >= 0.6 is 0 Å². The average Bonchev–Trinajstić information content (AvgIpc) is 2.84. The third-order valence-corrected chi connectivity index (χ3v) is 2.11. The van der Waals surface area contributed by atoms with E-state index >= 15 is 0 Å². The lowest BCUT2D eigenvalue weighted by Crippen LogP contribution is -2.28. The Labute approximate surface area is 79.2 Å². The molecule has 1 saturated carbocycles. The van der Waals surface area contributed by atoms with E-state index in [-0.39, 0.29) is 5.91 Å². The third-order valence-electron chi connectivity index (χ3n) is 2.11. The molecule has 74 valence electrons. The van der Waals surface area contributed by atoms with Gasteiger partial charge in [0.1, 0.15) is 0 Å². The van der Waals surface area contributed by atoms with E-state index in [4.69, 9.17) is 4.74 Å². The molecule has 0 aliphatic heterocycles. The molecule has 0 radical (unpaired) electrons. The first-order chi connectivity index (χ1) is 6.15. The van der Waals surface area contributed by atoms with Gasteiger partial charge in [-0.2, -0.15) is 0 Å². The van der Waals surface area contributed by atoms with Gasteiger partial charge in [0.25, 0.3) is 5.91 Å². The van der Waals surface area contributed by atoms with Gasteiger partial charge in [0.15, 0.2) is 5.76 Å². The van der Waals surface area contributed by atoms with Crippen LogP contribution in [-0.2, 0) is 9.53 Å². The minimum Gasteiger partial charge on any atom is -0.491 e. The largest absolute Gasteiger partial charge is 0.491 e. The number of methoxy groups -OCH3 is 1. The summed E-state index contributed by atoms with van der Waals surface area (Å²) in [6.45, 7) is 4.53. The second-order valence-electron chi connectivity index (χ2n) is 3.69. The van der Waals surface area contributed by atoms with Crippen molar-refractivity contribution in [1.82, 2.24) is 5.32 Å². The molecule has 0 spiro atoms. The molecule has 0 bridgehead atoms. The maximum absolute atomic E-state index is 11.5. The Bertz CT molecular complexity index is 225. The Hall–Kier alpha value is -0.990. The lowest BCUT2D eigenvalue weighted by molar-refractivity contribution is -0.120. The summed E-state index contributed by atoms with van der Waals surface area (Å²) >= 11 is 0. The van der Waals surface area contributed by atoms with Gasteiger partial charge < -0.3 is 10.1 Å². The predicted molar refractivity (Wildman–Crippen MR) is 51.1 cm³/mol. The number of amides is 1. The molecular formula is C10H17NO2. The van der Waals surface area contributed by atoms with Crippen LogP contribution in [0.2, 0.25) is 0 Å². The number of allylic oxidation sites excluding steroid dienone is 1. The summed E-state index contributed by atoms with van der Waals surface area (Å²) in [5.74, 6) is 1.06. The molecule has 1 aliphatic rings. The van der Waals surface area contributed by atoms with Crippen molar-refractivity contribution in [1.29, 1.82) is 0 Å². The van der Waals surface area contributed by atoms with E-state index in [1.807, 2.05) is 13.8 Å². The van der Waals surface area contributed by atoms with Crippen LogP contribution in [-0.4, -0.2) is 19.6 Å². The first kappa shape index (κ1) is 10.1. The molecule has 0 aromatic carbocycles. The highest BCUT2D eigenvalue weighted by atomic mass is 16.5. The van der Waals surface area contributed by atoms with Crippen molar-refractivity contribution in [2.45, 2.75) is 26.7 Å². The maximum Gasteiger partial charge on any atom is 0.286 e. The molecule has 3 nitrogen and oxygen atoms in total. The summed E-state index contributed by atoms with van der Waals surface area (Å²) in [6.07, 6.45) is 2.49. The lowest BCUT2D eigenvalue weighted by atomic mass is 10.2. The number of hydrogen-bond acceptors (Lipinski definition) is 2. The molecule has 0 saturated heterocycles. The summed E-state index contributed by atoms with van der Waals surface area (Å²) in [6, 6.07) is 0. The van der Waals surface area contributed by atoms with Crippen molar-refractivity contribution >= 4 is 5.91 Å². The topological polar surface area (TPSA) is 38.3 Å². The minimum absolute atomic E-state index is 0.0885. The molecule has 1 aliphatic carbocycles. The quantitative estimate of drug-likeness (QED) is 0.529. The zero-order chi connectivity index (χ0) is 9.84. The van der Waals surface area contributed by atoms with Crippen molar-refractivity contribution < 1.29 is 9.53 Å². The molecule has 3 heteroatoms. The molecule has 0 heterocycles. The molecule has 0 aromatic heterocycles. The van der Waals surface area contributed by atoms with Gasteiger partial charge in [0.2, 0.25) is 0 Å². The van der Waals surface area contributed by atoms with Gasteiger partial charge in [-0.25, -0.2) is 0 Å². The van der Waals surface area contributed by atoms with Crippen molar-refractivity contribution in [2.24, 2.45) is 5.92 Å². The van der Waals surface area contributed by atoms with Gasteiger partial charge in [-0.1, -0.05) is 0 Å². The average molecular weight is 183 g/mol. The van der Waals surface area contributed by atoms with Crippen LogP contribution < -0.4 is 5.32 Å². The van der Waals surface area contributed by atoms with Crippen molar-refractivity contribution in [2.75, 3.05) is 13.7 Å². The van der Waals surface area contributed by atoms with Crippen molar-refractivity contribution in [3.05, 3.63) is 11.3 Å². The number of carbonyl (C=O) groups is 1. The molecule has 1 fully saturated rings. The maximum atomic E-state index is 11.5. The smallest absolute Gasteiger partial charge is 0.286 e. The first-order valence-corrected chi connectivity index (χ1v) is 4.64. The van der Waals surface area contributed by atoms with E-state index in [1.54, 1.807) is 0 Å². The number of ether oxygens (including phenoxy) is 1. The standard InChI is InChI=1S/C10H17NO2/c1-7(2)9(13-3)10(12)11-6-8-4-5-8/h8H,4-6H2,1-3H3,(H,11,12). The first-order valence-electron chi connectivity index (χ1n) is 4.64. The molecule has 1 N–H and O–H groups in total. The second kappa shape index (κ2) is 4.30. The Morgan fingerprint density at radius 3 is 2.46 bits per heavy atom. The van der Waals surface area contributed by atoms with Crippen LogP contribution in [0.4, 0.5) is 0 Å². The van der Waals surface area contributed by atoms with Crippen LogP contribution in [0.1, 0.15) is 26.7 Å². The normalized spacial score (nSPS) is 15.0. The Morgan fingerprint density at radius 1 is 1.46 bits per heavy atom. The third kappa shape index (κ3) is 3.09. The summed E-state index contributed by atoms with van der Waals surface area (Å²) in [5.41, 5.74) is 0.913. The number of hydrogen-bond donors (Lipinski definition) is 1. The minimum atomic E-state index is -0.0885. The second-order valence-corrected chi connectivity index (χ2v) is 3.69. The Balaban J connectivity index is 2.39. The molecule has 13 heavy (non-hydrogen) atoms. The highest BCUT2D eigenvalue weighted by molar-refractivity contribution is 5.92. The van der Waals surface area contributed by atoms with Crippen LogP contribution in [0.3, 0.4) is 0 Å². The number of carbonyl (C=O) groups excluding carboxylic acids is 1. The lowest BCUT2D eigenvalue weighted by Gasteiger charge is -2.08. The van der Waals surface area contributed by atoms with Crippen molar-refractivity contribution in [3.8, 4) is 0 Å². The van der Waals surface area contributed by atoms with E-state index in [2.05, 4.69) is 5.32 Å². The number of nitrogens with one attached hydrogen (secondary N) is 1. The fraction of sp³-hybridized carbons (Fsp3) is 0.700. The molecule has 1 rings (SSSR count). The van der Waals surface area contributed by atoms with E-state index in [1.165, 1.54) is 20.0 Å². The fourth-order valence-electron chi connectivity index (χ4n) is 1.16. The van der Waals surface area contributed by atoms with E-state index in [0.717, 1.165) is 12.1 Å². The zero-order valence-corrected chi connectivity index (χ0v) is 8.52. The summed E-state index contributed by atoms with van der Waals surface area (Å²) in [4.78, 5) is 11.5.